The average Bonchev–Trinajstić information content (AvgIpc) is 3.47. The number of aromatic nitrogens is 5. The summed E-state index contributed by atoms with van der Waals surface area (Å²) >= 11 is 0. The van der Waals surface area contributed by atoms with Crippen molar-refractivity contribution in [2.45, 2.75) is 44.9 Å². The first-order chi connectivity index (χ1) is 15.9. The van der Waals surface area contributed by atoms with E-state index in [2.05, 4.69) is 30.9 Å². The van der Waals surface area contributed by atoms with E-state index in [9.17, 15) is 14.4 Å². The molecule has 3 aromatic rings. The number of aromatic amines is 1. The van der Waals surface area contributed by atoms with Gasteiger partial charge in [-0.3, -0.25) is 5.10 Å². The number of hydrogen-bond acceptors (Lipinski definition) is 9. The first-order valence-corrected chi connectivity index (χ1v) is 10.2. The zero-order valence-electron chi connectivity index (χ0n) is 18.2. The third-order valence-electron chi connectivity index (χ3n) is 4.81. The van der Waals surface area contributed by atoms with Gasteiger partial charge in [-0.05, 0) is 19.9 Å². The molecular weight excluding hydrogens is 435 g/mol. The van der Waals surface area contributed by atoms with Gasteiger partial charge in [-0.25, -0.2) is 18.7 Å². The SMILES string of the molecule is COCc1cc2c(Nc3cc([C@@H]4OC[C@H](OC(=O)NC(C)C)[C@@H]4F)[nH]n3)nc(C#N)cn2n1. The van der Waals surface area contributed by atoms with Crippen LogP contribution in [0.1, 0.15) is 37.0 Å². The number of nitriles is 1. The highest BCUT2D eigenvalue weighted by Crippen LogP contribution is 2.33. The number of H-pyrrole nitrogens is 1. The quantitative estimate of drug-likeness (QED) is 0.483. The van der Waals surface area contributed by atoms with Crippen LogP contribution in [0.15, 0.2) is 18.3 Å². The van der Waals surface area contributed by atoms with Crippen molar-refractivity contribution < 1.29 is 23.4 Å². The second-order valence-corrected chi connectivity index (χ2v) is 7.76. The minimum atomic E-state index is -1.57. The number of rotatable bonds is 7. The van der Waals surface area contributed by atoms with Gasteiger partial charge in [0.25, 0.3) is 0 Å². The number of carbonyl (C=O) groups excluding carboxylic acids is 1. The Kier molecular flexibility index (Phi) is 6.38. The van der Waals surface area contributed by atoms with Gasteiger partial charge in [0.05, 0.1) is 30.8 Å². The van der Waals surface area contributed by atoms with E-state index in [1.165, 1.54) is 10.7 Å². The molecule has 1 amide bonds. The molecule has 4 heterocycles. The lowest BCUT2D eigenvalue weighted by molar-refractivity contribution is 0.0615. The predicted molar refractivity (Wildman–Crippen MR) is 112 cm³/mol. The highest BCUT2D eigenvalue weighted by molar-refractivity contribution is 5.73. The van der Waals surface area contributed by atoms with Crippen molar-refractivity contribution >= 4 is 23.2 Å². The molecule has 1 aliphatic heterocycles. The molecule has 3 atom stereocenters. The van der Waals surface area contributed by atoms with Crippen LogP contribution in [-0.4, -0.2) is 62.9 Å². The lowest BCUT2D eigenvalue weighted by Crippen LogP contribution is -2.36. The summed E-state index contributed by atoms with van der Waals surface area (Å²) in [7, 11) is 1.56. The van der Waals surface area contributed by atoms with Crippen LogP contribution < -0.4 is 10.6 Å². The van der Waals surface area contributed by atoms with E-state index >= 15 is 0 Å². The number of fused-ring (bicyclic) bond motifs is 1. The number of nitrogens with zero attached hydrogens (tertiary/aromatic N) is 5. The van der Waals surface area contributed by atoms with Gasteiger partial charge in [-0.1, -0.05) is 0 Å². The van der Waals surface area contributed by atoms with E-state index in [4.69, 9.17) is 14.2 Å². The smallest absolute Gasteiger partial charge is 0.407 e. The van der Waals surface area contributed by atoms with Crippen LogP contribution in [-0.2, 0) is 20.8 Å². The maximum Gasteiger partial charge on any atom is 0.407 e. The number of amides is 1. The van der Waals surface area contributed by atoms with E-state index in [1.807, 2.05) is 6.07 Å². The minimum Gasteiger partial charge on any atom is -0.441 e. The lowest BCUT2D eigenvalue weighted by atomic mass is 10.1. The van der Waals surface area contributed by atoms with Crippen LogP contribution in [0.4, 0.5) is 20.8 Å². The van der Waals surface area contributed by atoms with Crippen molar-refractivity contribution in [3.05, 3.63) is 35.4 Å². The molecule has 1 fully saturated rings. The molecule has 0 bridgehead atoms. The molecule has 3 aromatic heterocycles. The number of alkyl carbamates (subject to hydrolysis) is 1. The highest BCUT2D eigenvalue weighted by Gasteiger charge is 2.42. The molecule has 0 radical (unpaired) electrons. The molecule has 174 valence electrons. The second kappa shape index (κ2) is 9.39. The summed E-state index contributed by atoms with van der Waals surface area (Å²) in [6.45, 7) is 3.77. The van der Waals surface area contributed by atoms with Crippen molar-refractivity contribution in [2.24, 2.45) is 0 Å². The van der Waals surface area contributed by atoms with Crippen LogP contribution in [0, 0.1) is 11.3 Å². The van der Waals surface area contributed by atoms with Crippen molar-refractivity contribution in [1.29, 1.82) is 5.26 Å². The summed E-state index contributed by atoms with van der Waals surface area (Å²) in [5.74, 6) is 0.680. The lowest BCUT2D eigenvalue weighted by Gasteiger charge is -2.16. The third-order valence-corrected chi connectivity index (χ3v) is 4.81. The topological polar surface area (TPSA) is 151 Å². The fourth-order valence-electron chi connectivity index (χ4n) is 3.42. The number of hydrogen-bond donors (Lipinski definition) is 3. The number of halogens is 1. The first kappa shape index (κ1) is 22.4. The normalized spacial score (nSPS) is 20.2. The molecule has 12 nitrogen and oxygen atoms in total. The van der Waals surface area contributed by atoms with Crippen LogP contribution in [0.3, 0.4) is 0 Å². The molecule has 4 rings (SSSR count). The summed E-state index contributed by atoms with van der Waals surface area (Å²) in [5, 5.41) is 26.1. The predicted octanol–water partition coefficient (Wildman–Crippen LogP) is 2.13. The fourth-order valence-corrected chi connectivity index (χ4v) is 3.42. The fraction of sp³-hybridized carbons (Fsp3) is 0.450. The monoisotopic (exact) mass is 458 g/mol. The second-order valence-electron chi connectivity index (χ2n) is 7.76. The van der Waals surface area contributed by atoms with E-state index in [-0.39, 0.29) is 18.3 Å². The third kappa shape index (κ3) is 4.86. The number of anilines is 2. The van der Waals surface area contributed by atoms with Crippen molar-refractivity contribution in [1.82, 2.24) is 30.1 Å². The van der Waals surface area contributed by atoms with Crippen molar-refractivity contribution in [3.8, 4) is 6.07 Å². The van der Waals surface area contributed by atoms with Gasteiger partial charge in [0, 0.05) is 19.2 Å². The molecule has 0 aromatic carbocycles. The zero-order chi connectivity index (χ0) is 23.5. The molecule has 0 spiro atoms. The maximum absolute atomic E-state index is 14.9. The first-order valence-electron chi connectivity index (χ1n) is 10.2. The van der Waals surface area contributed by atoms with E-state index in [0.717, 1.165) is 0 Å². The molecule has 33 heavy (non-hydrogen) atoms. The highest BCUT2D eigenvalue weighted by atomic mass is 19.1. The Morgan fingerprint density at radius 2 is 2.30 bits per heavy atom. The van der Waals surface area contributed by atoms with Crippen LogP contribution in [0.2, 0.25) is 0 Å². The Morgan fingerprint density at radius 3 is 3.03 bits per heavy atom. The molecule has 13 heteroatoms. The summed E-state index contributed by atoms with van der Waals surface area (Å²) < 4.78 is 32.1. The molecule has 1 aliphatic rings. The number of nitrogens with one attached hydrogen (secondary N) is 3. The number of ether oxygens (including phenoxy) is 3. The van der Waals surface area contributed by atoms with E-state index < -0.39 is 24.5 Å². The number of alkyl halides is 1. The van der Waals surface area contributed by atoms with E-state index in [0.29, 0.717) is 35.1 Å². The molecule has 0 aliphatic carbocycles. The zero-order valence-corrected chi connectivity index (χ0v) is 18.2. The van der Waals surface area contributed by atoms with Gasteiger partial charge in [-0.2, -0.15) is 15.5 Å². The van der Waals surface area contributed by atoms with Gasteiger partial charge in [0.2, 0.25) is 0 Å². The molecular formula is C20H23FN8O4. The summed E-state index contributed by atoms with van der Waals surface area (Å²) in [5.41, 5.74) is 1.78. The minimum absolute atomic E-state index is 0.0797. The Hall–Kier alpha value is -3.76. The van der Waals surface area contributed by atoms with Crippen molar-refractivity contribution in [2.75, 3.05) is 19.0 Å². The molecule has 0 saturated carbocycles. The van der Waals surface area contributed by atoms with E-state index in [1.54, 1.807) is 33.1 Å². The summed E-state index contributed by atoms with van der Waals surface area (Å²) in [6.07, 6.45) is -2.78. The molecule has 3 N–H and O–H groups in total. The standard InChI is InChI=1S/C20H23FN8O4/c1-10(2)23-20(30)33-15-9-32-18(17(15)21)13-5-16(27-26-13)25-19-14-4-11(8-31-3)28-29(14)7-12(6-22)24-19/h4-5,7,10,15,17-18H,8-9H2,1-3H3,(H,23,30)(H2,24,25,26,27)/t15-,17-,18-/m0/s1. The van der Waals surface area contributed by atoms with Gasteiger partial charge < -0.3 is 24.8 Å². The Bertz CT molecular complexity index is 1190. The van der Waals surface area contributed by atoms with Crippen molar-refractivity contribution in [3.63, 3.8) is 0 Å². The summed E-state index contributed by atoms with van der Waals surface area (Å²) in [4.78, 5) is 16.1. The Balaban J connectivity index is 1.50. The Morgan fingerprint density at radius 1 is 1.48 bits per heavy atom. The van der Waals surface area contributed by atoms with Gasteiger partial charge >= 0.3 is 6.09 Å². The van der Waals surface area contributed by atoms with Gasteiger partial charge in [-0.15, -0.1) is 0 Å². The maximum atomic E-state index is 14.9. The van der Waals surface area contributed by atoms with Gasteiger partial charge in [0.1, 0.15) is 17.7 Å². The largest absolute Gasteiger partial charge is 0.441 e. The summed E-state index contributed by atoms with van der Waals surface area (Å²) in [6, 6.07) is 5.20. The van der Waals surface area contributed by atoms with Crippen LogP contribution >= 0.6 is 0 Å². The van der Waals surface area contributed by atoms with Crippen LogP contribution in [0.25, 0.3) is 5.52 Å². The number of carbonyl (C=O) groups is 1. The molecule has 1 saturated heterocycles. The van der Waals surface area contributed by atoms with Gasteiger partial charge in [0.15, 0.2) is 29.6 Å². The van der Waals surface area contributed by atoms with Crippen LogP contribution in [0.5, 0.6) is 0 Å². The average molecular weight is 458 g/mol. The number of methoxy groups -OCH3 is 1. The Labute approximate surface area is 188 Å². The molecule has 0 unspecified atom stereocenters.